The number of likely N-dealkylation sites (tertiary alicyclic amines) is 1. The van der Waals surface area contributed by atoms with E-state index in [0.717, 1.165) is 11.1 Å². The van der Waals surface area contributed by atoms with E-state index in [1.165, 1.54) is 29.8 Å². The predicted octanol–water partition coefficient (Wildman–Crippen LogP) is 3.78. The Morgan fingerprint density at radius 1 is 1.33 bits per heavy atom. The number of anilines is 1. The molecule has 5 rings (SSSR count). The molecule has 9 nitrogen and oxygen atoms in total. The SMILES string of the molecule is CCC1(F)CN(C(C)=O)C[C@H]1Nc1nc(OC)c2c(-c3ccc4ncn(CC(F)F)c4c3)ccn2n1. The molecule has 1 saturated heterocycles. The van der Waals surface area contributed by atoms with Crippen molar-refractivity contribution in [1.29, 1.82) is 0 Å². The largest absolute Gasteiger partial charge is 0.479 e. The highest BCUT2D eigenvalue weighted by Crippen LogP contribution is 2.35. The number of rotatable bonds is 7. The van der Waals surface area contributed by atoms with Gasteiger partial charge in [-0.15, -0.1) is 5.10 Å². The summed E-state index contributed by atoms with van der Waals surface area (Å²) in [5.74, 6) is 0.236. The Labute approximate surface area is 204 Å². The molecule has 0 radical (unpaired) electrons. The molecule has 0 bridgehead atoms. The van der Waals surface area contributed by atoms with E-state index in [1.54, 1.807) is 29.8 Å². The molecule has 1 aliphatic heterocycles. The minimum Gasteiger partial charge on any atom is -0.479 e. The van der Waals surface area contributed by atoms with Crippen LogP contribution in [0.1, 0.15) is 20.3 Å². The number of nitrogens with zero attached hydrogens (tertiary/aromatic N) is 6. The van der Waals surface area contributed by atoms with Crippen molar-refractivity contribution in [2.75, 3.05) is 25.5 Å². The van der Waals surface area contributed by atoms with Crippen molar-refractivity contribution in [3.8, 4) is 17.0 Å². The minimum atomic E-state index is -2.50. The number of methoxy groups -OCH3 is 1. The Bertz CT molecular complexity index is 1440. The molecule has 4 heterocycles. The number of benzene rings is 1. The van der Waals surface area contributed by atoms with Gasteiger partial charge < -0.3 is 19.5 Å². The maximum atomic E-state index is 15.5. The predicted molar refractivity (Wildman–Crippen MR) is 128 cm³/mol. The molecule has 1 fully saturated rings. The molecule has 0 aliphatic carbocycles. The van der Waals surface area contributed by atoms with E-state index in [9.17, 15) is 13.6 Å². The number of alkyl halides is 3. The molecule has 2 atom stereocenters. The molecule has 12 heteroatoms. The minimum absolute atomic E-state index is 0.00810. The van der Waals surface area contributed by atoms with Crippen LogP contribution in [0.15, 0.2) is 36.8 Å². The van der Waals surface area contributed by atoms with Gasteiger partial charge in [0.1, 0.15) is 11.2 Å². The summed E-state index contributed by atoms with van der Waals surface area (Å²) in [6, 6.07) is 6.55. The number of hydrogen-bond acceptors (Lipinski definition) is 6. The average Bonchev–Trinajstić information content (AvgIpc) is 3.54. The van der Waals surface area contributed by atoms with Crippen molar-refractivity contribution in [2.24, 2.45) is 0 Å². The van der Waals surface area contributed by atoms with Crippen molar-refractivity contribution in [2.45, 2.75) is 44.9 Å². The molecular weight excluding hydrogens is 475 g/mol. The average molecular weight is 502 g/mol. The smallest absolute Gasteiger partial charge is 0.256 e. The van der Waals surface area contributed by atoms with Crippen molar-refractivity contribution in [1.82, 2.24) is 29.0 Å². The number of carbonyl (C=O) groups is 1. The fourth-order valence-electron chi connectivity index (χ4n) is 4.75. The van der Waals surface area contributed by atoms with Crippen LogP contribution in [0.5, 0.6) is 5.88 Å². The molecule has 3 aromatic heterocycles. The molecule has 36 heavy (non-hydrogen) atoms. The highest BCUT2D eigenvalue weighted by molar-refractivity contribution is 5.89. The lowest BCUT2D eigenvalue weighted by molar-refractivity contribution is -0.128. The second-order valence-electron chi connectivity index (χ2n) is 8.94. The monoisotopic (exact) mass is 501 g/mol. The Morgan fingerprint density at radius 3 is 2.83 bits per heavy atom. The van der Waals surface area contributed by atoms with Crippen molar-refractivity contribution in [3.05, 3.63) is 36.8 Å². The number of carbonyl (C=O) groups excluding carboxylic acids is 1. The van der Waals surface area contributed by atoms with Gasteiger partial charge >= 0.3 is 0 Å². The van der Waals surface area contributed by atoms with Gasteiger partial charge in [0.15, 0.2) is 0 Å². The first-order chi connectivity index (χ1) is 17.2. The third-order valence-electron chi connectivity index (χ3n) is 6.76. The maximum Gasteiger partial charge on any atom is 0.256 e. The second-order valence-corrected chi connectivity index (χ2v) is 8.94. The Balaban J connectivity index is 1.51. The van der Waals surface area contributed by atoms with Gasteiger partial charge in [0, 0.05) is 25.2 Å². The summed E-state index contributed by atoms with van der Waals surface area (Å²) >= 11 is 0. The van der Waals surface area contributed by atoms with Gasteiger partial charge in [-0.1, -0.05) is 13.0 Å². The van der Waals surface area contributed by atoms with Crippen LogP contribution in [0.4, 0.5) is 19.1 Å². The number of hydrogen-bond donors (Lipinski definition) is 1. The Kier molecular flexibility index (Phi) is 5.97. The lowest BCUT2D eigenvalue weighted by atomic mass is 9.97. The normalized spacial score (nSPS) is 20.1. The number of halogens is 3. The van der Waals surface area contributed by atoms with E-state index in [4.69, 9.17) is 4.74 Å². The van der Waals surface area contributed by atoms with Crippen molar-refractivity contribution >= 4 is 28.4 Å². The molecule has 1 unspecified atom stereocenters. The summed E-state index contributed by atoms with van der Waals surface area (Å²) in [4.78, 5) is 22.0. The zero-order valence-electron chi connectivity index (χ0n) is 20.1. The van der Waals surface area contributed by atoms with E-state index in [1.807, 2.05) is 12.1 Å². The van der Waals surface area contributed by atoms with Gasteiger partial charge in [0.05, 0.1) is 43.6 Å². The van der Waals surface area contributed by atoms with Crippen molar-refractivity contribution in [3.63, 3.8) is 0 Å². The number of aromatic nitrogens is 5. The molecule has 0 spiro atoms. The number of fused-ring (bicyclic) bond motifs is 2. The molecule has 190 valence electrons. The van der Waals surface area contributed by atoms with E-state index >= 15 is 4.39 Å². The standard InChI is InChI=1S/C24H26F3N7O2/c1-4-24(27)12-32(14(2)35)10-19(24)29-23-30-22(36-3)21-16(7-8-34(21)31-23)15-5-6-17-18(9-15)33(13-28-17)11-20(25)26/h5-9,13,19-20H,4,10-12H2,1-3H3,(H,29,31)/t19-,24?/m1/s1. The number of imidazole rings is 1. The maximum absolute atomic E-state index is 15.5. The zero-order chi connectivity index (χ0) is 25.6. The highest BCUT2D eigenvalue weighted by atomic mass is 19.3. The first-order valence-corrected chi connectivity index (χ1v) is 11.6. The number of amides is 1. The van der Waals surface area contributed by atoms with Crippen LogP contribution in [-0.2, 0) is 11.3 Å². The van der Waals surface area contributed by atoms with Gasteiger partial charge in [-0.3, -0.25) is 4.79 Å². The molecule has 1 aliphatic rings. The molecular formula is C24H26F3N7O2. The van der Waals surface area contributed by atoms with E-state index in [2.05, 4.69) is 20.4 Å². The van der Waals surface area contributed by atoms with E-state index in [0.29, 0.717) is 16.6 Å². The quantitative estimate of drug-likeness (QED) is 0.415. The van der Waals surface area contributed by atoms with Crippen LogP contribution >= 0.6 is 0 Å². The van der Waals surface area contributed by atoms with Gasteiger partial charge in [-0.2, -0.15) is 4.98 Å². The lowest BCUT2D eigenvalue weighted by Crippen LogP contribution is -2.42. The first-order valence-electron chi connectivity index (χ1n) is 11.6. The summed E-state index contributed by atoms with van der Waals surface area (Å²) in [6.07, 6.45) is 0.850. The molecule has 4 aromatic rings. The number of nitrogens with one attached hydrogen (secondary N) is 1. The fourth-order valence-corrected chi connectivity index (χ4v) is 4.75. The third-order valence-corrected chi connectivity index (χ3v) is 6.76. The van der Waals surface area contributed by atoms with E-state index in [-0.39, 0.29) is 37.2 Å². The van der Waals surface area contributed by atoms with Crippen LogP contribution < -0.4 is 10.1 Å². The summed E-state index contributed by atoms with van der Waals surface area (Å²) in [5, 5.41) is 7.55. The van der Waals surface area contributed by atoms with Crippen LogP contribution in [0.25, 0.3) is 27.7 Å². The summed E-state index contributed by atoms with van der Waals surface area (Å²) in [7, 11) is 1.47. The van der Waals surface area contributed by atoms with E-state index < -0.39 is 24.7 Å². The third kappa shape index (κ3) is 4.10. The Hall–Kier alpha value is -3.83. The van der Waals surface area contributed by atoms with Gasteiger partial charge in [-0.05, 0) is 30.2 Å². The fraction of sp³-hybridized carbons (Fsp3) is 0.417. The topological polar surface area (TPSA) is 89.6 Å². The highest BCUT2D eigenvalue weighted by Gasteiger charge is 2.47. The van der Waals surface area contributed by atoms with Crippen LogP contribution in [0.3, 0.4) is 0 Å². The molecule has 1 amide bonds. The summed E-state index contributed by atoms with van der Waals surface area (Å²) in [6.45, 7) is 2.92. The van der Waals surface area contributed by atoms with Gasteiger partial charge in [0.2, 0.25) is 17.7 Å². The Morgan fingerprint density at radius 2 is 2.14 bits per heavy atom. The number of ether oxygens (including phenoxy) is 1. The molecule has 0 saturated carbocycles. The van der Waals surface area contributed by atoms with Gasteiger partial charge in [-0.25, -0.2) is 22.7 Å². The van der Waals surface area contributed by atoms with Gasteiger partial charge in [0.25, 0.3) is 6.43 Å². The van der Waals surface area contributed by atoms with Crippen LogP contribution in [0, 0.1) is 0 Å². The summed E-state index contributed by atoms with van der Waals surface area (Å²) < 4.78 is 50.1. The zero-order valence-corrected chi connectivity index (χ0v) is 20.1. The molecule has 1 aromatic carbocycles. The van der Waals surface area contributed by atoms with Crippen LogP contribution in [0.2, 0.25) is 0 Å². The summed E-state index contributed by atoms with van der Waals surface area (Å²) in [5.41, 5.74) is 1.64. The first kappa shape index (κ1) is 23.9. The van der Waals surface area contributed by atoms with Crippen molar-refractivity contribution < 1.29 is 22.7 Å². The second kappa shape index (κ2) is 8.99. The van der Waals surface area contributed by atoms with Crippen LogP contribution in [-0.4, -0.2) is 73.3 Å². The molecule has 1 N–H and O–H groups in total. The lowest BCUT2D eigenvalue weighted by Gasteiger charge is -2.25.